The predicted molar refractivity (Wildman–Crippen MR) is 89.1 cm³/mol. The van der Waals surface area contributed by atoms with Gasteiger partial charge in [0.25, 0.3) is 0 Å². The van der Waals surface area contributed by atoms with Gasteiger partial charge in [-0.1, -0.05) is 70.0 Å². The van der Waals surface area contributed by atoms with E-state index in [1.807, 2.05) is 30.3 Å². The van der Waals surface area contributed by atoms with E-state index in [-0.39, 0.29) is 6.04 Å². The van der Waals surface area contributed by atoms with E-state index in [0.29, 0.717) is 5.02 Å². The summed E-state index contributed by atoms with van der Waals surface area (Å²) < 4.78 is 0.936. The smallest absolute Gasteiger partial charge is 0.0563 e. The van der Waals surface area contributed by atoms with Crippen molar-refractivity contribution in [2.45, 2.75) is 6.04 Å². The van der Waals surface area contributed by atoms with Crippen molar-refractivity contribution < 1.29 is 0 Å². The summed E-state index contributed by atoms with van der Waals surface area (Å²) in [4.78, 5) is 0. The minimum absolute atomic E-state index is 0.175. The van der Waals surface area contributed by atoms with Gasteiger partial charge in [-0.25, -0.2) is 0 Å². The van der Waals surface area contributed by atoms with Crippen molar-refractivity contribution in [2.24, 2.45) is 5.73 Å². The fraction of sp³-hybridized carbons (Fsp3) is 0.0588. The average Bonchev–Trinajstić information content (AvgIpc) is 2.46. The van der Waals surface area contributed by atoms with Gasteiger partial charge < -0.3 is 5.73 Å². The molecule has 0 aliphatic heterocycles. The normalized spacial score (nSPS) is 12.6. The summed E-state index contributed by atoms with van der Waals surface area (Å²) in [7, 11) is 0. The van der Waals surface area contributed by atoms with Crippen LogP contribution in [0.2, 0.25) is 5.02 Å². The summed E-state index contributed by atoms with van der Waals surface area (Å²) in [5, 5.41) is 3.12. The van der Waals surface area contributed by atoms with Crippen LogP contribution in [0.1, 0.15) is 17.2 Å². The Bertz CT molecular complexity index is 770. The third-order valence-electron chi connectivity index (χ3n) is 3.43. The first-order chi connectivity index (χ1) is 9.65. The molecule has 0 saturated carbocycles. The van der Waals surface area contributed by atoms with E-state index in [9.17, 15) is 0 Å². The van der Waals surface area contributed by atoms with Crippen molar-refractivity contribution in [3.05, 3.63) is 81.3 Å². The average molecular weight is 347 g/mol. The minimum Gasteiger partial charge on any atom is -0.320 e. The SMILES string of the molecule is NC(c1ccc2ccccc2c1)c1ccc(Cl)cc1Br. The van der Waals surface area contributed by atoms with Gasteiger partial charge in [0, 0.05) is 9.50 Å². The second-order valence-electron chi connectivity index (χ2n) is 4.75. The third-order valence-corrected chi connectivity index (χ3v) is 4.35. The molecule has 0 amide bonds. The maximum absolute atomic E-state index is 6.39. The lowest BCUT2D eigenvalue weighted by Crippen LogP contribution is -2.12. The monoisotopic (exact) mass is 345 g/mol. The Morgan fingerprint density at radius 2 is 1.65 bits per heavy atom. The lowest BCUT2D eigenvalue weighted by molar-refractivity contribution is 0.868. The van der Waals surface area contributed by atoms with Gasteiger partial charge in [-0.15, -0.1) is 0 Å². The quantitative estimate of drug-likeness (QED) is 0.669. The molecule has 0 heterocycles. The van der Waals surface area contributed by atoms with Crippen LogP contribution in [0.15, 0.2) is 65.1 Å². The van der Waals surface area contributed by atoms with Crippen LogP contribution in [0.5, 0.6) is 0 Å². The van der Waals surface area contributed by atoms with E-state index < -0.39 is 0 Å². The predicted octanol–water partition coefficient (Wildman–Crippen LogP) is 5.30. The van der Waals surface area contributed by atoms with Crippen LogP contribution in [0.25, 0.3) is 10.8 Å². The number of benzene rings is 3. The molecule has 3 aromatic carbocycles. The van der Waals surface area contributed by atoms with Gasteiger partial charge in [-0.05, 0) is 40.1 Å². The molecule has 1 atom stereocenters. The highest BCUT2D eigenvalue weighted by Gasteiger charge is 2.12. The van der Waals surface area contributed by atoms with Crippen LogP contribution in [0, 0.1) is 0 Å². The molecule has 0 saturated heterocycles. The zero-order valence-corrected chi connectivity index (χ0v) is 13.0. The molecule has 0 bridgehead atoms. The first-order valence-corrected chi connectivity index (χ1v) is 7.51. The standard InChI is InChI=1S/C17H13BrClN/c18-16-10-14(19)7-8-15(16)17(20)13-6-5-11-3-1-2-4-12(11)9-13/h1-10,17H,20H2. The number of rotatable bonds is 2. The fourth-order valence-corrected chi connectivity index (χ4v) is 3.26. The van der Waals surface area contributed by atoms with Crippen LogP contribution < -0.4 is 5.73 Å². The molecule has 0 fully saturated rings. The Kier molecular flexibility index (Phi) is 3.79. The second-order valence-corrected chi connectivity index (χ2v) is 6.04. The second kappa shape index (κ2) is 5.57. The molecule has 1 unspecified atom stereocenters. The number of nitrogens with two attached hydrogens (primary N) is 1. The zero-order valence-electron chi connectivity index (χ0n) is 10.7. The van der Waals surface area contributed by atoms with E-state index in [0.717, 1.165) is 15.6 Å². The fourth-order valence-electron chi connectivity index (χ4n) is 2.33. The van der Waals surface area contributed by atoms with Gasteiger partial charge >= 0.3 is 0 Å². The maximum atomic E-state index is 6.39. The van der Waals surface area contributed by atoms with E-state index in [2.05, 4.69) is 46.3 Å². The van der Waals surface area contributed by atoms with Gasteiger partial charge in [0.05, 0.1) is 6.04 Å². The topological polar surface area (TPSA) is 26.0 Å². The van der Waals surface area contributed by atoms with Crippen molar-refractivity contribution in [1.82, 2.24) is 0 Å². The molecule has 0 aliphatic carbocycles. The summed E-state index contributed by atoms with van der Waals surface area (Å²) in [5.74, 6) is 0. The Morgan fingerprint density at radius 3 is 2.40 bits per heavy atom. The molecule has 0 aromatic heterocycles. The first kappa shape index (κ1) is 13.6. The molecule has 3 rings (SSSR count). The van der Waals surface area contributed by atoms with Gasteiger partial charge in [-0.2, -0.15) is 0 Å². The van der Waals surface area contributed by atoms with Gasteiger partial charge in [0.15, 0.2) is 0 Å². The van der Waals surface area contributed by atoms with Crippen molar-refractivity contribution >= 4 is 38.3 Å². The molecular formula is C17H13BrClN. The maximum Gasteiger partial charge on any atom is 0.0563 e. The van der Waals surface area contributed by atoms with Gasteiger partial charge in [0.2, 0.25) is 0 Å². The zero-order chi connectivity index (χ0) is 14.1. The summed E-state index contributed by atoms with van der Waals surface area (Å²) in [6, 6.07) is 20.1. The summed E-state index contributed by atoms with van der Waals surface area (Å²) in [6.45, 7) is 0. The number of halogens is 2. The lowest BCUT2D eigenvalue weighted by Gasteiger charge is -2.15. The van der Waals surface area contributed by atoms with Crippen molar-refractivity contribution in [1.29, 1.82) is 0 Å². The minimum atomic E-state index is -0.175. The number of fused-ring (bicyclic) bond motifs is 1. The first-order valence-electron chi connectivity index (χ1n) is 6.34. The van der Waals surface area contributed by atoms with E-state index in [1.165, 1.54) is 10.8 Å². The van der Waals surface area contributed by atoms with Gasteiger partial charge in [-0.3, -0.25) is 0 Å². The summed E-state index contributed by atoms with van der Waals surface area (Å²) in [5.41, 5.74) is 8.51. The Balaban J connectivity index is 2.05. The highest BCUT2D eigenvalue weighted by atomic mass is 79.9. The number of hydrogen-bond donors (Lipinski definition) is 1. The van der Waals surface area contributed by atoms with E-state index in [1.54, 1.807) is 0 Å². The van der Waals surface area contributed by atoms with Crippen molar-refractivity contribution in [3.63, 3.8) is 0 Å². The van der Waals surface area contributed by atoms with Gasteiger partial charge in [0.1, 0.15) is 0 Å². The van der Waals surface area contributed by atoms with E-state index >= 15 is 0 Å². The summed E-state index contributed by atoms with van der Waals surface area (Å²) in [6.07, 6.45) is 0. The Hall–Kier alpha value is -1.35. The largest absolute Gasteiger partial charge is 0.320 e. The Labute approximate surface area is 131 Å². The molecule has 0 spiro atoms. The molecule has 0 radical (unpaired) electrons. The Morgan fingerprint density at radius 1 is 0.900 bits per heavy atom. The van der Waals surface area contributed by atoms with Crippen LogP contribution in [-0.2, 0) is 0 Å². The molecule has 3 heteroatoms. The summed E-state index contributed by atoms with van der Waals surface area (Å²) >= 11 is 9.51. The van der Waals surface area contributed by atoms with Crippen LogP contribution in [-0.4, -0.2) is 0 Å². The highest BCUT2D eigenvalue weighted by molar-refractivity contribution is 9.10. The number of hydrogen-bond acceptors (Lipinski definition) is 1. The van der Waals surface area contributed by atoms with Crippen molar-refractivity contribution in [2.75, 3.05) is 0 Å². The molecular weight excluding hydrogens is 334 g/mol. The molecule has 0 aliphatic rings. The molecule has 1 nitrogen and oxygen atoms in total. The van der Waals surface area contributed by atoms with Crippen LogP contribution in [0.3, 0.4) is 0 Å². The van der Waals surface area contributed by atoms with Crippen LogP contribution >= 0.6 is 27.5 Å². The third kappa shape index (κ3) is 2.59. The van der Waals surface area contributed by atoms with Crippen LogP contribution in [0.4, 0.5) is 0 Å². The lowest BCUT2D eigenvalue weighted by atomic mass is 9.97. The van der Waals surface area contributed by atoms with Crippen molar-refractivity contribution in [3.8, 4) is 0 Å². The molecule has 20 heavy (non-hydrogen) atoms. The molecule has 2 N–H and O–H groups in total. The van der Waals surface area contributed by atoms with E-state index in [4.69, 9.17) is 17.3 Å². The highest BCUT2D eigenvalue weighted by Crippen LogP contribution is 2.30. The molecule has 3 aromatic rings. The molecule has 100 valence electrons.